The van der Waals surface area contributed by atoms with E-state index >= 15 is 0 Å². The van der Waals surface area contributed by atoms with E-state index in [4.69, 9.17) is 0 Å². The molecule has 0 aliphatic carbocycles. The minimum absolute atomic E-state index is 0.0201. The topological polar surface area (TPSA) is 47.8 Å². The molecule has 0 aliphatic rings. The van der Waals surface area contributed by atoms with Crippen molar-refractivity contribution in [2.45, 2.75) is 6.04 Å². The molecule has 2 aromatic carbocycles. The van der Waals surface area contributed by atoms with E-state index in [0.717, 1.165) is 11.1 Å². The second-order valence-corrected chi connectivity index (χ2v) is 5.54. The minimum Gasteiger partial charge on any atom is -0.300 e. The Morgan fingerprint density at radius 1 is 0.833 bits per heavy atom. The number of pyridine rings is 1. The first kappa shape index (κ1) is 14.3. The van der Waals surface area contributed by atoms with Crippen LogP contribution in [-0.4, -0.2) is 20.3 Å². The van der Waals surface area contributed by atoms with E-state index in [-0.39, 0.29) is 5.78 Å². The summed E-state index contributed by atoms with van der Waals surface area (Å²) in [5, 5.41) is 0. The highest BCUT2D eigenvalue weighted by molar-refractivity contribution is 6.01. The molecule has 4 heteroatoms. The summed E-state index contributed by atoms with van der Waals surface area (Å²) >= 11 is 0. The van der Waals surface area contributed by atoms with E-state index in [0.29, 0.717) is 11.2 Å². The fourth-order valence-electron chi connectivity index (χ4n) is 2.89. The average Bonchev–Trinajstić information content (AvgIpc) is 3.07. The zero-order chi connectivity index (χ0) is 16.4. The van der Waals surface area contributed by atoms with Gasteiger partial charge in [-0.3, -0.25) is 4.79 Å². The van der Waals surface area contributed by atoms with Crippen molar-refractivity contribution in [1.29, 1.82) is 0 Å². The van der Waals surface area contributed by atoms with Crippen LogP contribution in [0.15, 0.2) is 85.3 Å². The largest absolute Gasteiger partial charge is 0.300 e. The van der Waals surface area contributed by atoms with Gasteiger partial charge < -0.3 is 4.57 Å². The number of carbonyl (C=O) groups excluding carboxylic acids is 1. The lowest BCUT2D eigenvalue weighted by Gasteiger charge is -2.18. The maximum atomic E-state index is 13.2. The minimum atomic E-state index is -0.492. The van der Waals surface area contributed by atoms with Gasteiger partial charge in [0.25, 0.3) is 0 Å². The number of carbonyl (C=O) groups is 1. The van der Waals surface area contributed by atoms with E-state index in [1.54, 1.807) is 12.5 Å². The smallest absolute Gasteiger partial charge is 0.190 e. The van der Waals surface area contributed by atoms with Crippen molar-refractivity contribution >= 4 is 16.9 Å². The zero-order valence-corrected chi connectivity index (χ0v) is 12.9. The molecule has 0 aliphatic heterocycles. The van der Waals surface area contributed by atoms with Crippen molar-refractivity contribution in [2.75, 3.05) is 0 Å². The van der Waals surface area contributed by atoms with Crippen LogP contribution in [0.1, 0.15) is 22.0 Å². The third-order valence-corrected chi connectivity index (χ3v) is 4.03. The van der Waals surface area contributed by atoms with Gasteiger partial charge >= 0.3 is 0 Å². The summed E-state index contributed by atoms with van der Waals surface area (Å²) in [5.41, 5.74) is 3.07. The molecule has 1 unspecified atom stereocenters. The Morgan fingerprint density at radius 2 is 1.54 bits per heavy atom. The third-order valence-electron chi connectivity index (χ3n) is 4.03. The Kier molecular flexibility index (Phi) is 3.63. The summed E-state index contributed by atoms with van der Waals surface area (Å²) < 4.78 is 1.85. The van der Waals surface area contributed by atoms with Crippen LogP contribution in [0, 0.1) is 0 Å². The number of hydrogen-bond donors (Lipinski definition) is 0. The van der Waals surface area contributed by atoms with Gasteiger partial charge in [-0.1, -0.05) is 60.7 Å². The SMILES string of the molecule is O=C(c1ccccc1)C(c1ccccc1)n1cnc2cccnc21. The molecule has 0 saturated heterocycles. The number of fused-ring (bicyclic) bond motifs is 1. The molecule has 0 radical (unpaired) electrons. The normalized spacial score (nSPS) is 12.2. The lowest BCUT2D eigenvalue weighted by Crippen LogP contribution is -2.20. The quantitative estimate of drug-likeness (QED) is 0.537. The maximum Gasteiger partial charge on any atom is 0.190 e. The summed E-state index contributed by atoms with van der Waals surface area (Å²) in [7, 11) is 0. The lowest BCUT2D eigenvalue weighted by atomic mass is 9.97. The van der Waals surface area contributed by atoms with Crippen molar-refractivity contribution in [3.05, 3.63) is 96.4 Å². The van der Waals surface area contributed by atoms with Gasteiger partial charge in [-0.15, -0.1) is 0 Å². The predicted molar refractivity (Wildman–Crippen MR) is 92.9 cm³/mol. The van der Waals surface area contributed by atoms with Crippen molar-refractivity contribution < 1.29 is 4.79 Å². The van der Waals surface area contributed by atoms with Crippen LogP contribution in [0.4, 0.5) is 0 Å². The molecule has 2 aromatic heterocycles. The van der Waals surface area contributed by atoms with Gasteiger partial charge in [-0.2, -0.15) is 0 Å². The molecule has 0 spiro atoms. The molecule has 4 nitrogen and oxygen atoms in total. The molecular formula is C20H15N3O. The number of ketones is 1. The average molecular weight is 313 g/mol. The fourth-order valence-corrected chi connectivity index (χ4v) is 2.89. The first-order valence-corrected chi connectivity index (χ1v) is 7.76. The van der Waals surface area contributed by atoms with Crippen LogP contribution in [0.25, 0.3) is 11.2 Å². The van der Waals surface area contributed by atoms with Gasteiger partial charge in [-0.05, 0) is 17.7 Å². The van der Waals surface area contributed by atoms with Crippen LogP contribution in [-0.2, 0) is 0 Å². The first-order chi connectivity index (χ1) is 11.8. The molecular weight excluding hydrogens is 298 g/mol. The molecule has 0 N–H and O–H groups in total. The number of hydrogen-bond acceptors (Lipinski definition) is 3. The molecule has 4 rings (SSSR count). The Hall–Kier alpha value is -3.27. The van der Waals surface area contributed by atoms with Gasteiger partial charge in [-0.25, -0.2) is 9.97 Å². The number of rotatable bonds is 4. The van der Waals surface area contributed by atoms with Crippen molar-refractivity contribution in [3.63, 3.8) is 0 Å². The van der Waals surface area contributed by atoms with Gasteiger partial charge in [0.2, 0.25) is 0 Å². The summed E-state index contributed by atoms with van der Waals surface area (Å²) in [4.78, 5) is 22.0. The molecule has 0 bridgehead atoms. The number of aromatic nitrogens is 3. The highest BCUT2D eigenvalue weighted by atomic mass is 16.1. The predicted octanol–water partition coefficient (Wildman–Crippen LogP) is 3.90. The third kappa shape index (κ3) is 2.48. The molecule has 0 fully saturated rings. The van der Waals surface area contributed by atoms with Gasteiger partial charge in [0, 0.05) is 11.8 Å². The van der Waals surface area contributed by atoms with E-state index in [9.17, 15) is 4.79 Å². The number of Topliss-reactive ketones (excluding diaryl/α,β-unsaturated/α-hetero) is 1. The van der Waals surface area contributed by atoms with Crippen LogP contribution >= 0.6 is 0 Å². The summed E-state index contributed by atoms with van der Waals surface area (Å²) in [6.07, 6.45) is 3.41. The molecule has 4 aromatic rings. The molecule has 2 heterocycles. The second kappa shape index (κ2) is 6.08. The molecule has 0 amide bonds. The molecule has 24 heavy (non-hydrogen) atoms. The van der Waals surface area contributed by atoms with Crippen molar-refractivity contribution in [2.24, 2.45) is 0 Å². The summed E-state index contributed by atoms with van der Waals surface area (Å²) in [6.45, 7) is 0. The standard InChI is InChI=1S/C20H15N3O/c24-19(16-10-5-2-6-11-16)18(15-8-3-1-4-9-15)23-14-22-17-12-7-13-21-20(17)23/h1-14,18H. The second-order valence-electron chi connectivity index (χ2n) is 5.54. The van der Waals surface area contributed by atoms with Crippen molar-refractivity contribution in [1.82, 2.24) is 14.5 Å². The van der Waals surface area contributed by atoms with E-state index in [2.05, 4.69) is 9.97 Å². The Morgan fingerprint density at radius 3 is 2.29 bits per heavy atom. The molecule has 0 saturated carbocycles. The fraction of sp³-hybridized carbons (Fsp3) is 0.0500. The maximum absolute atomic E-state index is 13.2. The number of imidazole rings is 1. The van der Waals surface area contributed by atoms with Gasteiger partial charge in [0.05, 0.1) is 6.33 Å². The van der Waals surface area contributed by atoms with Gasteiger partial charge in [0.15, 0.2) is 11.4 Å². The Balaban J connectivity index is 1.90. The molecule has 1 atom stereocenters. The summed E-state index contributed by atoms with van der Waals surface area (Å²) in [6, 6.07) is 22.3. The monoisotopic (exact) mass is 313 g/mol. The zero-order valence-electron chi connectivity index (χ0n) is 12.9. The number of nitrogens with zero attached hydrogens (tertiary/aromatic N) is 3. The van der Waals surface area contributed by atoms with Crippen LogP contribution in [0.3, 0.4) is 0 Å². The lowest BCUT2D eigenvalue weighted by molar-refractivity contribution is 0.0947. The van der Waals surface area contributed by atoms with E-state index < -0.39 is 6.04 Å². The van der Waals surface area contributed by atoms with Crippen LogP contribution in [0.2, 0.25) is 0 Å². The van der Waals surface area contributed by atoms with Crippen LogP contribution in [0.5, 0.6) is 0 Å². The Labute approximate surface area is 139 Å². The van der Waals surface area contributed by atoms with Gasteiger partial charge in [0.1, 0.15) is 11.6 Å². The molecule has 116 valence electrons. The highest BCUT2D eigenvalue weighted by Gasteiger charge is 2.25. The highest BCUT2D eigenvalue weighted by Crippen LogP contribution is 2.26. The van der Waals surface area contributed by atoms with E-state index in [1.165, 1.54) is 0 Å². The van der Waals surface area contributed by atoms with E-state index in [1.807, 2.05) is 77.4 Å². The van der Waals surface area contributed by atoms with Crippen molar-refractivity contribution in [3.8, 4) is 0 Å². The van der Waals surface area contributed by atoms with Crippen LogP contribution < -0.4 is 0 Å². The first-order valence-electron chi connectivity index (χ1n) is 7.76. The summed E-state index contributed by atoms with van der Waals surface area (Å²) in [5.74, 6) is 0.0201. The Bertz CT molecular complexity index is 977. The number of benzene rings is 2.